The van der Waals surface area contributed by atoms with Crippen molar-refractivity contribution in [3.63, 3.8) is 0 Å². The quantitative estimate of drug-likeness (QED) is 0.110. The molecule has 2 aliphatic rings. The zero-order valence-electron chi connectivity index (χ0n) is 36.4. The number of aryl methyl sites for hydroxylation is 1. The number of allylic oxidation sites excluding steroid dienone is 4. The van der Waals surface area contributed by atoms with Gasteiger partial charge in [-0.1, -0.05) is 231 Å². The molecule has 2 nitrogen and oxygen atoms in total. The van der Waals surface area contributed by atoms with Gasteiger partial charge >= 0.3 is 0 Å². The van der Waals surface area contributed by atoms with Crippen LogP contribution in [0.5, 0.6) is 0 Å². The first kappa shape index (κ1) is 39.0. The minimum atomic E-state index is -2.83. The number of hydrogen-bond donors (Lipinski definition) is 0. The van der Waals surface area contributed by atoms with Gasteiger partial charge < -0.3 is 0 Å². The van der Waals surface area contributed by atoms with E-state index in [1.54, 1.807) is 0 Å². The van der Waals surface area contributed by atoms with E-state index in [9.17, 15) is 0 Å². The molecule has 0 saturated carbocycles. The van der Waals surface area contributed by atoms with Crippen LogP contribution in [0, 0.1) is 18.8 Å². The molecule has 4 atom stereocenters. The van der Waals surface area contributed by atoms with Gasteiger partial charge in [0.2, 0.25) is 0 Å². The smallest absolute Gasteiger partial charge is 0.179 e. The van der Waals surface area contributed by atoms with Crippen LogP contribution in [0.15, 0.2) is 249 Å². The topological polar surface area (TPSA) is 17.8 Å². The first-order valence-corrected chi connectivity index (χ1v) is 25.0. The molecule has 0 aliphatic heterocycles. The molecule has 65 heavy (non-hydrogen) atoms. The van der Waals surface area contributed by atoms with Gasteiger partial charge in [0.15, 0.2) is 8.07 Å². The van der Waals surface area contributed by atoms with Crippen LogP contribution in [0.25, 0.3) is 38.9 Å². The summed E-state index contributed by atoms with van der Waals surface area (Å²) < 4.78 is 2.33. The van der Waals surface area contributed by atoms with Gasteiger partial charge in [0.05, 0.1) is 11.0 Å². The first-order chi connectivity index (χ1) is 32.2. The number of rotatable bonds is 8. The molecule has 0 bridgehead atoms. The van der Waals surface area contributed by atoms with Crippen molar-refractivity contribution in [1.29, 1.82) is 0 Å². The number of imidazole rings is 1. The van der Waals surface area contributed by atoms with Crippen molar-refractivity contribution >= 4 is 50.6 Å². The largest absolute Gasteiger partial charge is 0.292 e. The Kier molecular flexibility index (Phi) is 9.72. The Morgan fingerprint density at radius 1 is 0.431 bits per heavy atom. The number of aromatic nitrogens is 2. The maximum Gasteiger partial charge on any atom is 0.179 e. The van der Waals surface area contributed by atoms with E-state index in [0.29, 0.717) is 0 Å². The van der Waals surface area contributed by atoms with Crippen molar-refractivity contribution in [2.45, 2.75) is 18.8 Å². The molecule has 1 heterocycles. The summed E-state index contributed by atoms with van der Waals surface area (Å²) in [5, 5.41) is 8.12. The molecule has 0 amide bonds. The molecule has 0 saturated heterocycles. The van der Waals surface area contributed by atoms with Crippen molar-refractivity contribution in [2.75, 3.05) is 0 Å². The molecule has 10 aromatic rings. The molecule has 4 unspecified atom stereocenters. The van der Waals surface area contributed by atoms with E-state index >= 15 is 0 Å². The maximum atomic E-state index is 5.23. The molecule has 1 aromatic heterocycles. The van der Waals surface area contributed by atoms with Crippen LogP contribution >= 0.6 is 0 Å². The van der Waals surface area contributed by atoms with Crippen LogP contribution in [-0.2, 0) is 0 Å². The predicted octanol–water partition coefficient (Wildman–Crippen LogP) is 12.2. The lowest BCUT2D eigenvalue weighted by Crippen LogP contribution is -2.74. The number of para-hydroxylation sites is 1. The number of benzene rings is 9. The Morgan fingerprint density at radius 3 is 1.66 bits per heavy atom. The van der Waals surface area contributed by atoms with Gasteiger partial charge in [0.1, 0.15) is 5.82 Å². The molecule has 9 aromatic carbocycles. The Labute approximate surface area is 382 Å². The van der Waals surface area contributed by atoms with Gasteiger partial charge in [0, 0.05) is 23.1 Å². The Morgan fingerprint density at radius 2 is 0.985 bits per heavy atom. The van der Waals surface area contributed by atoms with Crippen molar-refractivity contribution in [3.8, 4) is 17.1 Å². The molecule has 3 heteroatoms. The van der Waals surface area contributed by atoms with E-state index in [1.807, 2.05) is 0 Å². The summed E-state index contributed by atoms with van der Waals surface area (Å²) in [6.45, 7) is 2.15. The Balaban J connectivity index is 1.00. The van der Waals surface area contributed by atoms with Crippen molar-refractivity contribution in [1.82, 2.24) is 9.55 Å². The number of fused-ring (bicyclic) bond motifs is 4. The van der Waals surface area contributed by atoms with Gasteiger partial charge in [-0.25, -0.2) is 4.98 Å². The molecule has 0 spiro atoms. The summed E-state index contributed by atoms with van der Waals surface area (Å²) in [6, 6.07) is 84.2. The summed E-state index contributed by atoms with van der Waals surface area (Å²) >= 11 is 0. The monoisotopic (exact) mass is 848 g/mol. The average molecular weight is 849 g/mol. The molecule has 2 aliphatic carbocycles. The molecular weight excluding hydrogens is 801 g/mol. The fraction of sp³-hybridized carbons (Fsp3) is 0.0806. The van der Waals surface area contributed by atoms with E-state index in [2.05, 4.69) is 260 Å². The minimum Gasteiger partial charge on any atom is -0.292 e. The third-order valence-corrected chi connectivity index (χ3v) is 19.1. The van der Waals surface area contributed by atoms with Crippen LogP contribution in [0.2, 0.25) is 0 Å². The van der Waals surface area contributed by atoms with Gasteiger partial charge in [-0.2, -0.15) is 0 Å². The van der Waals surface area contributed by atoms with E-state index in [0.717, 1.165) is 28.1 Å². The Bertz CT molecular complexity index is 3360. The van der Waals surface area contributed by atoms with E-state index < -0.39 is 8.07 Å². The second kappa shape index (κ2) is 16.2. The molecule has 0 fully saturated rings. The van der Waals surface area contributed by atoms with Crippen LogP contribution in [0.3, 0.4) is 0 Å². The van der Waals surface area contributed by atoms with Gasteiger partial charge in [-0.05, 0) is 96.3 Å². The zero-order chi connectivity index (χ0) is 43.3. The number of nitrogens with zero attached hydrogens (tertiary/aromatic N) is 2. The van der Waals surface area contributed by atoms with E-state index in [1.165, 1.54) is 59.3 Å². The molecule has 0 N–H and O–H groups in total. The van der Waals surface area contributed by atoms with E-state index in [4.69, 9.17) is 4.98 Å². The van der Waals surface area contributed by atoms with E-state index in [-0.39, 0.29) is 23.7 Å². The molecule has 310 valence electrons. The highest BCUT2D eigenvalue weighted by molar-refractivity contribution is 7.20. The predicted molar refractivity (Wildman–Crippen MR) is 274 cm³/mol. The van der Waals surface area contributed by atoms with Gasteiger partial charge in [0.25, 0.3) is 0 Å². The fourth-order valence-electron chi connectivity index (χ4n) is 11.5. The van der Waals surface area contributed by atoms with Crippen LogP contribution in [0.4, 0.5) is 0 Å². The van der Waals surface area contributed by atoms with Crippen molar-refractivity contribution < 1.29 is 0 Å². The lowest BCUT2D eigenvalue weighted by atomic mass is 9.59. The van der Waals surface area contributed by atoms with Crippen molar-refractivity contribution in [3.05, 3.63) is 277 Å². The van der Waals surface area contributed by atoms with Crippen LogP contribution < -0.4 is 20.7 Å². The van der Waals surface area contributed by atoms with Gasteiger partial charge in [-0.15, -0.1) is 0 Å². The lowest BCUT2D eigenvalue weighted by Gasteiger charge is -2.44. The summed E-state index contributed by atoms with van der Waals surface area (Å²) in [4.78, 5) is 5.23. The molecule has 12 rings (SSSR count). The van der Waals surface area contributed by atoms with Gasteiger partial charge in [-0.3, -0.25) is 4.57 Å². The standard InChI is InChI=1S/C62H48N2Si/c1-43-19-17-34-58-61(43)63-62(46-21-5-2-6-22-46)64(58)49-38-35-45(36-39-49)59-54-30-13-15-32-56(54)60(57-33-16-14-31-55(57)59)48-24-18-29-52(42-48)65(50-25-7-3-8-26-50,51-27-9-4-10-28-51)53-40-37-44-20-11-12-23-47(44)41-53/h2-42,54,56,59-60H,1H3. The first-order valence-electron chi connectivity index (χ1n) is 23.0. The highest BCUT2D eigenvalue weighted by Crippen LogP contribution is 2.53. The van der Waals surface area contributed by atoms with Crippen LogP contribution in [-0.4, -0.2) is 17.6 Å². The summed E-state index contributed by atoms with van der Waals surface area (Å²) in [7, 11) is -2.83. The summed E-state index contributed by atoms with van der Waals surface area (Å²) in [6.07, 6.45) is 9.54. The number of hydrogen-bond acceptors (Lipinski definition) is 1. The zero-order valence-corrected chi connectivity index (χ0v) is 37.4. The summed E-state index contributed by atoms with van der Waals surface area (Å²) in [5.41, 5.74) is 11.1. The SMILES string of the molecule is Cc1cccc2c1nc(-c1ccccc1)n2-c1ccc(C2c3ccccc3C(c3cccc([Si](c4ccccc4)(c4ccccc4)c4ccc5ccccc5c4)c3)C3C=CC=CC23)cc1. The highest BCUT2D eigenvalue weighted by atomic mass is 28.3. The third kappa shape index (κ3) is 6.49. The molecular formula is C62H48N2Si. The van der Waals surface area contributed by atoms with Crippen LogP contribution in [0.1, 0.15) is 39.7 Å². The fourth-order valence-corrected chi connectivity index (χ4v) is 16.3. The third-order valence-electron chi connectivity index (χ3n) is 14.4. The normalized spacial score (nSPS) is 17.8. The second-order valence-corrected chi connectivity index (χ2v) is 21.7. The molecule has 0 radical (unpaired) electrons. The average Bonchev–Trinajstić information content (AvgIpc) is 3.78. The lowest BCUT2D eigenvalue weighted by molar-refractivity contribution is 0.361. The van der Waals surface area contributed by atoms with Crippen molar-refractivity contribution in [2.24, 2.45) is 11.8 Å². The highest BCUT2D eigenvalue weighted by Gasteiger charge is 2.45. The maximum absolute atomic E-state index is 5.23. The minimum absolute atomic E-state index is 0.178. The second-order valence-electron chi connectivity index (χ2n) is 17.8. The summed E-state index contributed by atoms with van der Waals surface area (Å²) in [5.74, 6) is 1.88. The Hall–Kier alpha value is -7.59.